The first-order chi connectivity index (χ1) is 9.00. The second-order valence-electron chi connectivity index (χ2n) is 6.37. The van der Waals surface area contributed by atoms with E-state index in [1.165, 1.54) is 17.7 Å². The van der Waals surface area contributed by atoms with Crippen molar-refractivity contribution in [2.24, 2.45) is 0 Å². The molecule has 2 nitrogen and oxygen atoms in total. The summed E-state index contributed by atoms with van der Waals surface area (Å²) >= 11 is 0. The molecule has 2 rings (SSSR count). The normalized spacial score (nSPS) is 23.9. The van der Waals surface area contributed by atoms with Crippen LogP contribution in [0.25, 0.3) is 0 Å². The standard InChI is InChI=1S/C17H27NO/c1-5-13(2)14-6-8-15(9-7-14)18-16-10-11-19-17(3,4)12-16/h6-9,13,16,18H,5,10-12H2,1-4H3. The lowest BCUT2D eigenvalue weighted by atomic mass is 9.93. The molecule has 2 atom stereocenters. The molecule has 106 valence electrons. The van der Waals surface area contributed by atoms with Crippen LogP contribution in [0.4, 0.5) is 5.69 Å². The largest absolute Gasteiger partial charge is 0.382 e. The summed E-state index contributed by atoms with van der Waals surface area (Å²) in [5.74, 6) is 0.649. The first-order valence-electron chi connectivity index (χ1n) is 7.50. The monoisotopic (exact) mass is 261 g/mol. The van der Waals surface area contributed by atoms with E-state index in [4.69, 9.17) is 4.74 Å². The number of benzene rings is 1. The number of nitrogens with one attached hydrogen (secondary N) is 1. The van der Waals surface area contributed by atoms with Crippen molar-refractivity contribution in [1.82, 2.24) is 0 Å². The van der Waals surface area contributed by atoms with E-state index in [1.54, 1.807) is 0 Å². The highest BCUT2D eigenvalue weighted by Crippen LogP contribution is 2.27. The Morgan fingerprint density at radius 1 is 1.32 bits per heavy atom. The first-order valence-corrected chi connectivity index (χ1v) is 7.50. The third-order valence-electron chi connectivity index (χ3n) is 4.16. The molecule has 2 heteroatoms. The molecule has 0 aromatic heterocycles. The van der Waals surface area contributed by atoms with Gasteiger partial charge in [-0.3, -0.25) is 0 Å². The van der Waals surface area contributed by atoms with Crippen LogP contribution in [0.1, 0.15) is 58.4 Å². The van der Waals surface area contributed by atoms with Crippen molar-refractivity contribution in [2.45, 2.75) is 64.5 Å². The van der Waals surface area contributed by atoms with Gasteiger partial charge in [0.2, 0.25) is 0 Å². The van der Waals surface area contributed by atoms with Crippen LogP contribution in [-0.2, 0) is 4.74 Å². The van der Waals surface area contributed by atoms with Crippen molar-refractivity contribution >= 4 is 5.69 Å². The summed E-state index contributed by atoms with van der Waals surface area (Å²) in [6.45, 7) is 9.72. The Labute approximate surface area is 117 Å². The fourth-order valence-electron chi connectivity index (χ4n) is 2.73. The molecule has 1 aromatic carbocycles. The van der Waals surface area contributed by atoms with Crippen LogP contribution in [0.2, 0.25) is 0 Å². The molecule has 1 fully saturated rings. The smallest absolute Gasteiger partial charge is 0.0646 e. The predicted octanol–water partition coefficient (Wildman–Crippen LogP) is 4.57. The van der Waals surface area contributed by atoms with Crippen LogP contribution >= 0.6 is 0 Å². The number of hydrogen-bond donors (Lipinski definition) is 1. The quantitative estimate of drug-likeness (QED) is 0.857. The molecule has 1 N–H and O–H groups in total. The van der Waals surface area contributed by atoms with Crippen molar-refractivity contribution in [3.8, 4) is 0 Å². The average Bonchev–Trinajstić information content (AvgIpc) is 2.37. The molecule has 0 saturated carbocycles. The molecule has 1 heterocycles. The summed E-state index contributed by atoms with van der Waals surface area (Å²) in [4.78, 5) is 0. The first kappa shape index (κ1) is 14.4. The Morgan fingerprint density at radius 3 is 2.58 bits per heavy atom. The fourth-order valence-corrected chi connectivity index (χ4v) is 2.73. The number of anilines is 1. The maximum absolute atomic E-state index is 5.76. The Balaban J connectivity index is 1.96. The molecule has 1 aliphatic heterocycles. The molecule has 0 radical (unpaired) electrons. The molecular formula is C17H27NO. The Bertz CT molecular complexity index is 396. The minimum atomic E-state index is 0.00653. The molecule has 0 amide bonds. The average molecular weight is 261 g/mol. The van der Waals surface area contributed by atoms with Crippen LogP contribution in [0, 0.1) is 0 Å². The molecule has 0 spiro atoms. The molecule has 1 aliphatic rings. The SMILES string of the molecule is CCC(C)c1ccc(NC2CCOC(C)(C)C2)cc1. The van der Waals surface area contributed by atoms with Crippen LogP contribution in [0.3, 0.4) is 0 Å². The third-order valence-corrected chi connectivity index (χ3v) is 4.16. The van der Waals surface area contributed by atoms with Gasteiger partial charge in [-0.15, -0.1) is 0 Å². The Hall–Kier alpha value is -1.02. The van der Waals surface area contributed by atoms with Gasteiger partial charge in [0, 0.05) is 18.3 Å². The van der Waals surface area contributed by atoms with Gasteiger partial charge in [-0.1, -0.05) is 26.0 Å². The van der Waals surface area contributed by atoms with E-state index in [-0.39, 0.29) is 5.60 Å². The van der Waals surface area contributed by atoms with E-state index in [1.807, 2.05) is 0 Å². The number of rotatable bonds is 4. The molecule has 19 heavy (non-hydrogen) atoms. The van der Waals surface area contributed by atoms with Crippen LogP contribution in [0.15, 0.2) is 24.3 Å². The van der Waals surface area contributed by atoms with E-state index < -0.39 is 0 Å². The van der Waals surface area contributed by atoms with E-state index in [0.29, 0.717) is 12.0 Å². The zero-order valence-electron chi connectivity index (χ0n) is 12.7. The van der Waals surface area contributed by atoms with E-state index in [9.17, 15) is 0 Å². The summed E-state index contributed by atoms with van der Waals surface area (Å²) in [6, 6.07) is 9.45. The Kier molecular flexibility index (Phi) is 4.51. The van der Waals surface area contributed by atoms with Gasteiger partial charge in [0.25, 0.3) is 0 Å². The fraction of sp³-hybridized carbons (Fsp3) is 0.647. The van der Waals surface area contributed by atoms with Gasteiger partial charge in [-0.2, -0.15) is 0 Å². The minimum absolute atomic E-state index is 0.00653. The summed E-state index contributed by atoms with van der Waals surface area (Å²) in [6.07, 6.45) is 3.36. The third kappa shape index (κ3) is 3.97. The van der Waals surface area contributed by atoms with Crippen LogP contribution < -0.4 is 5.32 Å². The van der Waals surface area contributed by atoms with Crippen LogP contribution in [0.5, 0.6) is 0 Å². The van der Waals surface area contributed by atoms with Crippen molar-refractivity contribution in [3.05, 3.63) is 29.8 Å². The maximum Gasteiger partial charge on any atom is 0.0646 e. The van der Waals surface area contributed by atoms with E-state index in [2.05, 4.69) is 57.3 Å². The number of ether oxygens (including phenoxy) is 1. The minimum Gasteiger partial charge on any atom is -0.382 e. The zero-order chi connectivity index (χ0) is 13.9. The van der Waals surface area contributed by atoms with Gasteiger partial charge in [-0.25, -0.2) is 0 Å². The summed E-state index contributed by atoms with van der Waals surface area (Å²) in [5, 5.41) is 3.64. The summed E-state index contributed by atoms with van der Waals surface area (Å²) in [7, 11) is 0. The second kappa shape index (κ2) is 5.96. The van der Waals surface area contributed by atoms with E-state index in [0.717, 1.165) is 19.4 Å². The van der Waals surface area contributed by atoms with Crippen molar-refractivity contribution in [1.29, 1.82) is 0 Å². The zero-order valence-corrected chi connectivity index (χ0v) is 12.7. The molecule has 1 aromatic rings. The highest BCUT2D eigenvalue weighted by Gasteiger charge is 2.28. The molecule has 2 unspecified atom stereocenters. The molecule has 1 saturated heterocycles. The van der Waals surface area contributed by atoms with E-state index >= 15 is 0 Å². The second-order valence-corrected chi connectivity index (χ2v) is 6.37. The van der Waals surface area contributed by atoms with Gasteiger partial charge < -0.3 is 10.1 Å². The molecule has 0 bridgehead atoms. The van der Waals surface area contributed by atoms with Gasteiger partial charge >= 0.3 is 0 Å². The van der Waals surface area contributed by atoms with Gasteiger partial charge in [0.15, 0.2) is 0 Å². The lowest BCUT2D eigenvalue weighted by molar-refractivity contribution is -0.0553. The highest BCUT2D eigenvalue weighted by atomic mass is 16.5. The molecular weight excluding hydrogens is 234 g/mol. The van der Waals surface area contributed by atoms with Crippen molar-refractivity contribution in [3.63, 3.8) is 0 Å². The Morgan fingerprint density at radius 2 is 2.00 bits per heavy atom. The topological polar surface area (TPSA) is 21.3 Å². The summed E-state index contributed by atoms with van der Waals surface area (Å²) in [5.41, 5.74) is 2.67. The summed E-state index contributed by atoms with van der Waals surface area (Å²) < 4.78 is 5.76. The molecule has 0 aliphatic carbocycles. The van der Waals surface area contributed by atoms with Crippen molar-refractivity contribution < 1.29 is 4.74 Å². The number of hydrogen-bond acceptors (Lipinski definition) is 2. The predicted molar refractivity (Wildman–Crippen MR) is 81.8 cm³/mol. The van der Waals surface area contributed by atoms with Crippen molar-refractivity contribution in [2.75, 3.05) is 11.9 Å². The maximum atomic E-state index is 5.76. The lowest BCUT2D eigenvalue weighted by Crippen LogP contribution is -2.40. The van der Waals surface area contributed by atoms with Gasteiger partial charge in [0.05, 0.1) is 5.60 Å². The van der Waals surface area contributed by atoms with Gasteiger partial charge in [-0.05, 0) is 56.7 Å². The lowest BCUT2D eigenvalue weighted by Gasteiger charge is -2.36. The van der Waals surface area contributed by atoms with Crippen LogP contribution in [-0.4, -0.2) is 18.2 Å². The van der Waals surface area contributed by atoms with Gasteiger partial charge in [0.1, 0.15) is 0 Å². The highest BCUT2D eigenvalue weighted by molar-refractivity contribution is 5.46.